The molecule has 94 valence electrons. The van der Waals surface area contributed by atoms with Crippen LogP contribution in [-0.4, -0.2) is 17.1 Å². The molecule has 2 aromatic rings. The van der Waals surface area contributed by atoms with E-state index in [0.717, 1.165) is 0 Å². The van der Waals surface area contributed by atoms with Crippen molar-refractivity contribution in [2.75, 3.05) is 7.11 Å². The molecule has 0 aliphatic carbocycles. The van der Waals surface area contributed by atoms with E-state index >= 15 is 0 Å². The number of aromatic nitrogens is 2. The third-order valence-electron chi connectivity index (χ3n) is 2.49. The molecule has 18 heavy (non-hydrogen) atoms. The van der Waals surface area contributed by atoms with E-state index in [-0.39, 0.29) is 5.82 Å². The lowest BCUT2D eigenvalue weighted by Gasteiger charge is -2.09. The van der Waals surface area contributed by atoms with Crippen molar-refractivity contribution in [2.45, 2.75) is 13.3 Å². The van der Waals surface area contributed by atoms with Crippen molar-refractivity contribution >= 4 is 11.6 Å². The van der Waals surface area contributed by atoms with Crippen LogP contribution in [0.25, 0.3) is 11.3 Å². The summed E-state index contributed by atoms with van der Waals surface area (Å²) in [5, 5.41) is 0.336. The molecule has 0 unspecified atom stereocenters. The van der Waals surface area contributed by atoms with Crippen LogP contribution >= 0.6 is 11.6 Å². The van der Waals surface area contributed by atoms with Gasteiger partial charge in [-0.15, -0.1) is 0 Å². The highest BCUT2D eigenvalue weighted by Gasteiger charge is 2.11. The van der Waals surface area contributed by atoms with Crippen molar-refractivity contribution in [3.05, 3.63) is 41.1 Å². The molecule has 0 spiro atoms. The number of halogens is 2. The van der Waals surface area contributed by atoms with Crippen LogP contribution in [0, 0.1) is 5.82 Å². The van der Waals surface area contributed by atoms with Gasteiger partial charge >= 0.3 is 0 Å². The first-order valence-electron chi connectivity index (χ1n) is 5.51. The molecule has 0 radical (unpaired) electrons. The minimum absolute atomic E-state index is 0.336. The fourth-order valence-corrected chi connectivity index (χ4v) is 1.84. The second-order valence-electron chi connectivity index (χ2n) is 3.69. The number of hydrogen-bond donors (Lipinski definition) is 0. The Morgan fingerprint density at radius 3 is 2.72 bits per heavy atom. The Labute approximate surface area is 110 Å². The number of nitrogens with zero attached hydrogens (tertiary/aromatic N) is 2. The largest absolute Gasteiger partial charge is 0.496 e. The average Bonchev–Trinajstić information content (AvgIpc) is 2.38. The van der Waals surface area contributed by atoms with Gasteiger partial charge in [0.05, 0.1) is 12.8 Å². The standard InChI is InChI=1S/C13H12ClFN2O/c1-3-13-16-10(7-12(14)17-13)9-6-8(15)4-5-11(9)18-2/h4-7H,3H2,1-2H3. The predicted molar refractivity (Wildman–Crippen MR) is 68.4 cm³/mol. The van der Waals surface area contributed by atoms with E-state index in [1.165, 1.54) is 19.2 Å². The lowest BCUT2D eigenvalue weighted by molar-refractivity contribution is 0.415. The smallest absolute Gasteiger partial charge is 0.133 e. The van der Waals surface area contributed by atoms with Crippen molar-refractivity contribution < 1.29 is 9.13 Å². The number of hydrogen-bond acceptors (Lipinski definition) is 3. The normalized spacial score (nSPS) is 10.4. The molecule has 1 aromatic heterocycles. The summed E-state index contributed by atoms with van der Waals surface area (Å²) in [5.41, 5.74) is 1.12. The van der Waals surface area contributed by atoms with E-state index in [4.69, 9.17) is 16.3 Å². The van der Waals surface area contributed by atoms with Gasteiger partial charge in [-0.2, -0.15) is 0 Å². The van der Waals surface area contributed by atoms with E-state index in [1.807, 2.05) is 6.92 Å². The number of rotatable bonds is 3. The van der Waals surface area contributed by atoms with Crippen LogP contribution in [0.5, 0.6) is 5.75 Å². The summed E-state index contributed by atoms with van der Waals surface area (Å²) in [5.74, 6) is 0.815. The lowest BCUT2D eigenvalue weighted by Crippen LogP contribution is -1.97. The highest BCUT2D eigenvalue weighted by atomic mass is 35.5. The zero-order valence-electron chi connectivity index (χ0n) is 10.1. The Balaban J connectivity index is 2.60. The second-order valence-corrected chi connectivity index (χ2v) is 4.08. The summed E-state index contributed by atoms with van der Waals surface area (Å²) in [6, 6.07) is 5.87. The third-order valence-corrected chi connectivity index (χ3v) is 2.69. The maximum Gasteiger partial charge on any atom is 0.133 e. The Morgan fingerprint density at radius 1 is 1.28 bits per heavy atom. The lowest BCUT2D eigenvalue weighted by atomic mass is 10.1. The SMILES string of the molecule is CCc1nc(Cl)cc(-c2cc(F)ccc2OC)n1. The van der Waals surface area contributed by atoms with E-state index in [0.29, 0.717) is 34.4 Å². The molecule has 1 heterocycles. The van der Waals surface area contributed by atoms with Gasteiger partial charge in [-0.05, 0) is 18.2 Å². The van der Waals surface area contributed by atoms with Crippen LogP contribution in [0.1, 0.15) is 12.7 Å². The number of aryl methyl sites for hydroxylation is 1. The molecule has 5 heteroatoms. The zero-order valence-corrected chi connectivity index (χ0v) is 10.8. The molecule has 0 atom stereocenters. The first-order valence-corrected chi connectivity index (χ1v) is 5.89. The van der Waals surface area contributed by atoms with Gasteiger partial charge in [0.25, 0.3) is 0 Å². The maximum absolute atomic E-state index is 13.3. The van der Waals surface area contributed by atoms with Gasteiger partial charge in [0.1, 0.15) is 22.5 Å². The summed E-state index contributed by atoms with van der Waals surface area (Å²) in [6.07, 6.45) is 0.658. The highest BCUT2D eigenvalue weighted by molar-refractivity contribution is 6.29. The van der Waals surface area contributed by atoms with Crippen LogP contribution < -0.4 is 4.74 Å². The molecular formula is C13H12ClFN2O. The summed E-state index contributed by atoms with van der Waals surface area (Å²) in [7, 11) is 1.53. The van der Waals surface area contributed by atoms with E-state index in [9.17, 15) is 4.39 Å². The van der Waals surface area contributed by atoms with Gasteiger partial charge in [-0.1, -0.05) is 18.5 Å². The van der Waals surface area contributed by atoms with Gasteiger partial charge in [0.15, 0.2) is 0 Å². The fraction of sp³-hybridized carbons (Fsp3) is 0.231. The van der Waals surface area contributed by atoms with E-state index < -0.39 is 0 Å². The first kappa shape index (κ1) is 12.8. The molecule has 0 N–H and O–H groups in total. The second kappa shape index (κ2) is 5.31. The Kier molecular flexibility index (Phi) is 3.77. The topological polar surface area (TPSA) is 35.0 Å². The minimum atomic E-state index is -0.349. The molecule has 0 saturated carbocycles. The minimum Gasteiger partial charge on any atom is -0.496 e. The summed E-state index contributed by atoms with van der Waals surface area (Å²) in [6.45, 7) is 1.93. The van der Waals surface area contributed by atoms with Crippen LogP contribution in [0.4, 0.5) is 4.39 Å². The molecule has 0 aliphatic heterocycles. The van der Waals surface area contributed by atoms with Gasteiger partial charge in [-0.3, -0.25) is 0 Å². The first-order chi connectivity index (χ1) is 8.63. The van der Waals surface area contributed by atoms with Crippen LogP contribution in [-0.2, 0) is 6.42 Å². The number of methoxy groups -OCH3 is 1. The van der Waals surface area contributed by atoms with Crippen LogP contribution in [0.15, 0.2) is 24.3 Å². The molecule has 0 fully saturated rings. The van der Waals surface area contributed by atoms with Gasteiger partial charge in [-0.25, -0.2) is 14.4 Å². The molecular weight excluding hydrogens is 255 g/mol. The monoisotopic (exact) mass is 266 g/mol. The predicted octanol–water partition coefficient (Wildman–Crippen LogP) is 3.51. The average molecular weight is 267 g/mol. The fourth-order valence-electron chi connectivity index (χ4n) is 1.64. The van der Waals surface area contributed by atoms with Gasteiger partial charge < -0.3 is 4.74 Å². The van der Waals surface area contributed by atoms with E-state index in [1.54, 1.807) is 12.1 Å². The highest BCUT2D eigenvalue weighted by Crippen LogP contribution is 2.30. The maximum atomic E-state index is 13.3. The Bertz CT molecular complexity index is 575. The van der Waals surface area contributed by atoms with Crippen LogP contribution in [0.2, 0.25) is 5.15 Å². The molecule has 1 aromatic carbocycles. The zero-order chi connectivity index (χ0) is 13.1. The van der Waals surface area contributed by atoms with Crippen molar-refractivity contribution in [3.8, 4) is 17.0 Å². The molecule has 0 amide bonds. The number of benzene rings is 1. The Hall–Kier alpha value is -1.68. The summed E-state index contributed by atoms with van der Waals surface area (Å²) in [4.78, 5) is 8.41. The summed E-state index contributed by atoms with van der Waals surface area (Å²) >= 11 is 5.93. The quantitative estimate of drug-likeness (QED) is 0.798. The van der Waals surface area contributed by atoms with Crippen molar-refractivity contribution in [2.24, 2.45) is 0 Å². The van der Waals surface area contributed by atoms with Crippen LogP contribution in [0.3, 0.4) is 0 Å². The van der Waals surface area contributed by atoms with Gasteiger partial charge in [0, 0.05) is 18.1 Å². The molecule has 2 rings (SSSR count). The third kappa shape index (κ3) is 2.59. The Morgan fingerprint density at radius 2 is 2.06 bits per heavy atom. The molecule has 0 saturated heterocycles. The summed E-state index contributed by atoms with van der Waals surface area (Å²) < 4.78 is 18.5. The van der Waals surface area contributed by atoms with Gasteiger partial charge in [0.2, 0.25) is 0 Å². The molecule has 0 bridgehead atoms. The number of ether oxygens (including phenoxy) is 1. The molecule has 0 aliphatic rings. The molecule has 3 nitrogen and oxygen atoms in total. The van der Waals surface area contributed by atoms with Crippen molar-refractivity contribution in [1.82, 2.24) is 9.97 Å². The van der Waals surface area contributed by atoms with E-state index in [2.05, 4.69) is 9.97 Å². The van der Waals surface area contributed by atoms with Crippen molar-refractivity contribution in [3.63, 3.8) is 0 Å². The van der Waals surface area contributed by atoms with Crippen molar-refractivity contribution in [1.29, 1.82) is 0 Å².